The second-order valence-electron chi connectivity index (χ2n) is 6.70. The van der Waals surface area contributed by atoms with Crippen molar-refractivity contribution in [2.24, 2.45) is 0 Å². The third-order valence-corrected chi connectivity index (χ3v) is 4.91. The summed E-state index contributed by atoms with van der Waals surface area (Å²) in [4.78, 5) is 23.8. The van der Waals surface area contributed by atoms with Crippen molar-refractivity contribution in [3.8, 4) is 11.1 Å². The number of benzene rings is 1. The van der Waals surface area contributed by atoms with Crippen LogP contribution in [0.4, 0.5) is 10.1 Å². The van der Waals surface area contributed by atoms with Crippen molar-refractivity contribution in [2.75, 3.05) is 5.73 Å². The van der Waals surface area contributed by atoms with Crippen LogP contribution in [0.5, 0.6) is 0 Å². The van der Waals surface area contributed by atoms with Gasteiger partial charge in [0.2, 0.25) is 0 Å². The van der Waals surface area contributed by atoms with E-state index in [1.165, 1.54) is 6.07 Å². The Balaban J connectivity index is 0.00000210. The van der Waals surface area contributed by atoms with Gasteiger partial charge in [0, 0.05) is 17.4 Å². The first kappa shape index (κ1) is 20.2. The van der Waals surface area contributed by atoms with Crippen LogP contribution >= 0.6 is 0 Å². The summed E-state index contributed by atoms with van der Waals surface area (Å²) in [6, 6.07) is 8.21. The Labute approximate surface area is 197 Å². The minimum atomic E-state index is -1.55. The monoisotopic (exact) mass is 390 g/mol. The Hall–Kier alpha value is -1.51. The topological polar surface area (TPSA) is 87.6 Å². The fraction of sp³-hybridized carbons (Fsp3) is 0.200. The van der Waals surface area contributed by atoms with Crippen molar-refractivity contribution in [1.29, 1.82) is 0 Å². The average Bonchev–Trinajstić information content (AvgIpc) is 3.42. The van der Waals surface area contributed by atoms with Gasteiger partial charge in [-0.25, -0.2) is 4.39 Å². The van der Waals surface area contributed by atoms with Gasteiger partial charge in [0.1, 0.15) is 5.82 Å². The summed E-state index contributed by atoms with van der Waals surface area (Å²) in [5.41, 5.74) is 7.99. The third kappa shape index (κ3) is 3.50. The van der Waals surface area contributed by atoms with Crippen LogP contribution in [-0.4, -0.2) is 10.4 Å². The molecule has 0 bridgehead atoms. The van der Waals surface area contributed by atoms with E-state index >= 15 is 0 Å². The smallest absolute Gasteiger partial charge is 0.545 e. The molecule has 0 unspecified atom stereocenters. The van der Waals surface area contributed by atoms with E-state index < -0.39 is 22.9 Å². The number of aryl methyl sites for hydroxylation is 1. The second-order valence-corrected chi connectivity index (χ2v) is 6.70. The third-order valence-electron chi connectivity index (χ3n) is 4.91. The number of fused-ring (bicyclic) bond motifs is 1. The number of carboxylic acids is 1. The molecule has 0 aliphatic heterocycles. The van der Waals surface area contributed by atoms with E-state index in [0.717, 1.165) is 29.0 Å². The van der Waals surface area contributed by atoms with Gasteiger partial charge in [-0.15, -0.1) is 0 Å². The number of hydrogen-bond donors (Lipinski definition) is 1. The molecule has 4 rings (SSSR count). The molecule has 0 amide bonds. The van der Waals surface area contributed by atoms with E-state index in [1.807, 2.05) is 0 Å². The molecule has 1 saturated carbocycles. The summed E-state index contributed by atoms with van der Waals surface area (Å²) in [5, 5.41) is 11.3. The van der Waals surface area contributed by atoms with Crippen LogP contribution < -0.4 is 67.8 Å². The molecule has 0 radical (unpaired) electrons. The van der Waals surface area contributed by atoms with Crippen LogP contribution in [0.3, 0.4) is 0 Å². The number of pyridine rings is 2. The molecular weight excluding hydrogens is 374 g/mol. The van der Waals surface area contributed by atoms with Crippen molar-refractivity contribution >= 4 is 17.2 Å². The molecule has 3 aromatic rings. The van der Waals surface area contributed by atoms with Gasteiger partial charge in [-0.05, 0) is 60.6 Å². The summed E-state index contributed by atoms with van der Waals surface area (Å²) in [5.74, 6) is -1.97. The molecule has 2 N–H and O–H groups in total. The number of hydrogen-bond acceptors (Lipinski definition) is 4. The molecule has 5 nitrogen and oxygen atoms in total. The van der Waals surface area contributed by atoms with Crippen LogP contribution in [0, 0.1) is 12.7 Å². The number of aromatic carboxylic acids is 1. The normalized spacial score (nSPS) is 13.4. The summed E-state index contributed by atoms with van der Waals surface area (Å²) < 4.78 is 16.0. The molecule has 1 aliphatic carbocycles. The van der Waals surface area contributed by atoms with Crippen LogP contribution in [0.25, 0.3) is 16.6 Å². The summed E-state index contributed by atoms with van der Waals surface area (Å²) in [7, 11) is 0. The molecule has 1 aliphatic rings. The molecule has 0 atom stereocenters. The molecular formula is C20H16FKN2O3. The van der Waals surface area contributed by atoms with Crippen molar-refractivity contribution in [1.82, 2.24) is 4.40 Å². The van der Waals surface area contributed by atoms with E-state index in [-0.39, 0.29) is 57.3 Å². The Morgan fingerprint density at radius 2 is 1.89 bits per heavy atom. The minimum absolute atomic E-state index is 0. The zero-order chi connectivity index (χ0) is 18.6. The van der Waals surface area contributed by atoms with Gasteiger partial charge in [0.05, 0.1) is 17.0 Å². The molecule has 2 heterocycles. The summed E-state index contributed by atoms with van der Waals surface area (Å²) in [6.45, 7) is 1.74. The first-order valence-corrected chi connectivity index (χ1v) is 8.34. The van der Waals surface area contributed by atoms with Crippen molar-refractivity contribution < 1.29 is 65.7 Å². The number of carboxylic acid groups (broad SMARTS) is 1. The number of anilines is 1. The standard InChI is InChI=1S/C20H17FN2O3.K/c1-10-17(12-4-6-13(22)7-5-12)16(21)9-23-18(10)14(11-2-3-11)8-15(19(23)24)20(25)26;/h4-9,11H,2-3,22H2,1H3,(H,25,26);/q;+1/p-1. The Morgan fingerprint density at radius 1 is 1.26 bits per heavy atom. The molecule has 0 saturated heterocycles. The van der Waals surface area contributed by atoms with Crippen LogP contribution in [0.1, 0.15) is 40.2 Å². The molecule has 1 fully saturated rings. The molecule has 0 spiro atoms. The van der Waals surface area contributed by atoms with Crippen molar-refractivity contribution in [3.05, 3.63) is 69.4 Å². The van der Waals surface area contributed by atoms with Crippen LogP contribution in [0.2, 0.25) is 0 Å². The van der Waals surface area contributed by atoms with Crippen molar-refractivity contribution in [3.63, 3.8) is 0 Å². The van der Waals surface area contributed by atoms with E-state index in [4.69, 9.17) is 5.73 Å². The maximum Gasteiger partial charge on any atom is 1.00 e. The van der Waals surface area contributed by atoms with Crippen molar-refractivity contribution in [2.45, 2.75) is 25.7 Å². The first-order chi connectivity index (χ1) is 12.4. The summed E-state index contributed by atoms with van der Waals surface area (Å²) >= 11 is 0. The van der Waals surface area contributed by atoms with E-state index in [2.05, 4.69) is 0 Å². The molecule has 1 aromatic carbocycles. The number of nitrogens with two attached hydrogens (primary N) is 1. The maximum absolute atomic E-state index is 14.9. The Kier molecular flexibility index (Phi) is 5.61. The Bertz CT molecular complexity index is 1120. The predicted molar refractivity (Wildman–Crippen MR) is 94.5 cm³/mol. The number of nitrogens with zero attached hydrogens (tertiary/aromatic N) is 1. The number of rotatable bonds is 3. The molecule has 7 heteroatoms. The first-order valence-electron chi connectivity index (χ1n) is 8.34. The van der Waals surface area contributed by atoms with Gasteiger partial charge in [-0.2, -0.15) is 0 Å². The van der Waals surface area contributed by atoms with Crippen LogP contribution in [-0.2, 0) is 0 Å². The van der Waals surface area contributed by atoms with E-state index in [9.17, 15) is 19.1 Å². The van der Waals surface area contributed by atoms with E-state index in [1.54, 1.807) is 31.2 Å². The number of carbonyl (C=O) groups is 1. The molecule has 132 valence electrons. The molecule has 27 heavy (non-hydrogen) atoms. The largest absolute Gasteiger partial charge is 1.00 e. The quantitative estimate of drug-likeness (QED) is 0.471. The summed E-state index contributed by atoms with van der Waals surface area (Å²) in [6.07, 6.45) is 2.89. The van der Waals surface area contributed by atoms with Gasteiger partial charge >= 0.3 is 51.4 Å². The van der Waals surface area contributed by atoms with Gasteiger partial charge < -0.3 is 15.6 Å². The SMILES string of the molecule is Cc1c(-c2ccc(N)cc2)c(F)cn2c(=O)c(C(=O)[O-])cc(C3CC3)c12.[K+]. The maximum atomic E-state index is 14.9. The fourth-order valence-electron chi connectivity index (χ4n) is 3.51. The van der Waals surface area contributed by atoms with Crippen LogP contribution in [0.15, 0.2) is 41.3 Å². The zero-order valence-corrected chi connectivity index (χ0v) is 18.2. The number of nitrogen functional groups attached to an aromatic ring is 1. The van der Waals surface area contributed by atoms with Gasteiger partial charge in [-0.3, -0.25) is 9.20 Å². The fourth-order valence-corrected chi connectivity index (χ4v) is 3.51. The minimum Gasteiger partial charge on any atom is -0.545 e. The van der Waals surface area contributed by atoms with Gasteiger partial charge in [0.15, 0.2) is 0 Å². The average molecular weight is 390 g/mol. The number of carbonyl (C=O) groups excluding carboxylic acids is 1. The van der Waals surface area contributed by atoms with E-state index in [0.29, 0.717) is 27.9 Å². The Morgan fingerprint density at radius 3 is 2.44 bits per heavy atom. The number of aromatic nitrogens is 1. The van der Waals surface area contributed by atoms with Gasteiger partial charge in [-0.1, -0.05) is 12.1 Å². The predicted octanol–water partition coefficient (Wildman–Crippen LogP) is -0.759. The number of halogens is 1. The second kappa shape index (κ2) is 7.48. The van der Waals surface area contributed by atoms with Gasteiger partial charge in [0.25, 0.3) is 5.56 Å². The molecule has 2 aromatic heterocycles. The zero-order valence-electron chi connectivity index (χ0n) is 15.1.